The van der Waals surface area contributed by atoms with E-state index in [4.69, 9.17) is 18.9 Å². The highest BCUT2D eigenvalue weighted by molar-refractivity contribution is 7.88. The lowest BCUT2D eigenvalue weighted by molar-refractivity contribution is -0.0499. The molecule has 2 heterocycles. The molecule has 0 radical (unpaired) electrons. The number of rotatable bonds is 6. The van der Waals surface area contributed by atoms with Crippen LogP contribution < -0.4 is 23.1 Å². The van der Waals surface area contributed by atoms with E-state index < -0.39 is 21.4 Å². The Morgan fingerprint density at radius 1 is 0.614 bits per heavy atom. The summed E-state index contributed by atoms with van der Waals surface area (Å²) in [6.07, 6.45) is 0. The number of fused-ring (bicyclic) bond motifs is 4. The molecule has 0 bridgehead atoms. The molecule has 44 heavy (non-hydrogen) atoms. The molecular formula is C31H25F3N2O7S. The second-order valence-corrected chi connectivity index (χ2v) is 10.7. The van der Waals surface area contributed by atoms with Crippen molar-refractivity contribution in [3.63, 3.8) is 0 Å². The zero-order valence-corrected chi connectivity index (χ0v) is 24.6. The molecule has 0 saturated heterocycles. The minimum Gasteiger partial charge on any atom is -0.496 e. The minimum atomic E-state index is -5.90. The predicted molar refractivity (Wildman–Crippen MR) is 160 cm³/mol. The van der Waals surface area contributed by atoms with Gasteiger partial charge in [-0.15, -0.1) is 0 Å². The third-order valence-electron chi connectivity index (χ3n) is 6.68. The highest BCUT2D eigenvalue weighted by Crippen LogP contribution is 2.44. The number of hydrogen-bond acceptors (Lipinski definition) is 9. The fraction of sp³-hybridized carbons (Fsp3) is 0.161. The Morgan fingerprint density at radius 2 is 1.14 bits per heavy atom. The molecule has 4 aromatic carbocycles. The van der Waals surface area contributed by atoms with Crippen LogP contribution in [-0.4, -0.2) is 52.3 Å². The Kier molecular flexibility index (Phi) is 8.24. The van der Waals surface area contributed by atoms with E-state index >= 15 is 0 Å². The first kappa shape index (κ1) is 30.4. The van der Waals surface area contributed by atoms with E-state index in [1.807, 2.05) is 36.4 Å². The van der Waals surface area contributed by atoms with Gasteiger partial charge in [-0.2, -0.15) is 21.6 Å². The van der Waals surface area contributed by atoms with Crippen LogP contribution in [0.2, 0.25) is 0 Å². The van der Waals surface area contributed by atoms with Gasteiger partial charge in [0.2, 0.25) is 0 Å². The van der Waals surface area contributed by atoms with Gasteiger partial charge in [-0.3, -0.25) is 0 Å². The molecule has 0 aliphatic heterocycles. The Morgan fingerprint density at radius 3 is 1.77 bits per heavy atom. The van der Waals surface area contributed by atoms with Crippen molar-refractivity contribution in [1.82, 2.24) is 9.97 Å². The number of benzene rings is 4. The van der Waals surface area contributed by atoms with Gasteiger partial charge in [0.15, 0.2) is 5.75 Å². The molecule has 0 aliphatic carbocycles. The van der Waals surface area contributed by atoms with Crippen molar-refractivity contribution in [3.05, 3.63) is 78.9 Å². The Balaban J connectivity index is 0.000000186. The summed E-state index contributed by atoms with van der Waals surface area (Å²) >= 11 is 0. The number of halogens is 3. The third-order valence-corrected chi connectivity index (χ3v) is 7.63. The lowest BCUT2D eigenvalue weighted by atomic mass is 10.1. The molecule has 0 spiro atoms. The van der Waals surface area contributed by atoms with Crippen LogP contribution in [0.25, 0.3) is 43.6 Å². The van der Waals surface area contributed by atoms with Crippen LogP contribution >= 0.6 is 0 Å². The standard InChI is InChI=1S/C16H12F3NO5S.C15H13NO2/c1-23-11-7-8-12(24-2)14-13(11)15(25-26(21,22)16(17,18)19)9-5-3-4-6-10(9)20-14;1-17-13-7-8-14(18-2)15-11(13)9-10-5-3-4-6-12(10)16-15/h3-8H,1-2H3;3-9H,1-2H3. The summed E-state index contributed by atoms with van der Waals surface area (Å²) < 4.78 is 87.4. The maximum Gasteiger partial charge on any atom is 0.534 e. The molecule has 0 amide bonds. The van der Waals surface area contributed by atoms with Crippen molar-refractivity contribution in [2.45, 2.75) is 5.51 Å². The third kappa shape index (κ3) is 5.53. The van der Waals surface area contributed by atoms with Crippen molar-refractivity contribution in [2.75, 3.05) is 28.4 Å². The van der Waals surface area contributed by atoms with Gasteiger partial charge in [0.1, 0.15) is 34.0 Å². The van der Waals surface area contributed by atoms with Crippen LogP contribution in [0.5, 0.6) is 28.7 Å². The number of para-hydroxylation sites is 2. The maximum atomic E-state index is 12.9. The number of nitrogens with zero attached hydrogens (tertiary/aromatic N) is 2. The molecule has 0 saturated carbocycles. The van der Waals surface area contributed by atoms with Gasteiger partial charge in [-0.1, -0.05) is 30.3 Å². The second-order valence-electron chi connectivity index (χ2n) is 9.18. The number of hydrogen-bond donors (Lipinski definition) is 0. The number of aromatic nitrogens is 2. The molecule has 228 valence electrons. The first-order chi connectivity index (χ1) is 21.0. The van der Waals surface area contributed by atoms with Crippen LogP contribution in [0.1, 0.15) is 0 Å². The monoisotopic (exact) mass is 626 g/mol. The quantitative estimate of drug-likeness (QED) is 0.109. The van der Waals surface area contributed by atoms with E-state index in [9.17, 15) is 21.6 Å². The minimum absolute atomic E-state index is 0.0432. The first-order valence-electron chi connectivity index (χ1n) is 12.9. The van der Waals surface area contributed by atoms with Crippen molar-refractivity contribution in [1.29, 1.82) is 0 Å². The second kappa shape index (κ2) is 11.9. The van der Waals surface area contributed by atoms with Gasteiger partial charge in [-0.25, -0.2) is 9.97 Å². The van der Waals surface area contributed by atoms with Gasteiger partial charge in [-0.05, 0) is 48.5 Å². The SMILES string of the molecule is COc1ccc(OC)c2c(OS(=O)(=O)C(F)(F)F)c3ccccc3nc12.COc1ccc(OC)c2nc3ccccc3cc12. The topological polar surface area (TPSA) is 106 Å². The Labute approximate surface area is 249 Å². The molecule has 0 aliphatic rings. The number of ether oxygens (including phenoxy) is 4. The molecule has 6 rings (SSSR count). The van der Waals surface area contributed by atoms with Crippen molar-refractivity contribution < 1.29 is 44.7 Å². The largest absolute Gasteiger partial charge is 0.534 e. The highest BCUT2D eigenvalue weighted by Gasteiger charge is 2.49. The molecule has 0 unspecified atom stereocenters. The van der Waals surface area contributed by atoms with E-state index in [0.29, 0.717) is 0 Å². The van der Waals surface area contributed by atoms with Gasteiger partial charge in [0.05, 0.1) is 44.9 Å². The fourth-order valence-electron chi connectivity index (χ4n) is 4.63. The van der Waals surface area contributed by atoms with Crippen LogP contribution in [0.15, 0.2) is 78.9 Å². The van der Waals surface area contributed by atoms with E-state index in [1.165, 1.54) is 44.6 Å². The zero-order chi connectivity index (χ0) is 31.6. The summed E-state index contributed by atoms with van der Waals surface area (Å²) in [6, 6.07) is 22.9. The summed E-state index contributed by atoms with van der Waals surface area (Å²) in [5, 5.41) is 2.10. The molecule has 13 heteroatoms. The summed E-state index contributed by atoms with van der Waals surface area (Å²) in [5.41, 5.74) is -3.46. The molecule has 9 nitrogen and oxygen atoms in total. The lowest BCUT2D eigenvalue weighted by Crippen LogP contribution is -2.28. The molecular weight excluding hydrogens is 601 g/mol. The molecule has 6 aromatic rings. The van der Waals surface area contributed by atoms with Gasteiger partial charge in [0, 0.05) is 16.2 Å². The highest BCUT2D eigenvalue weighted by atomic mass is 32.2. The van der Waals surface area contributed by atoms with Crippen molar-refractivity contribution >= 4 is 53.7 Å². The van der Waals surface area contributed by atoms with Crippen molar-refractivity contribution in [3.8, 4) is 28.7 Å². The van der Waals surface area contributed by atoms with Gasteiger partial charge >= 0.3 is 15.6 Å². The maximum absolute atomic E-state index is 12.9. The van der Waals surface area contributed by atoms with Crippen LogP contribution in [0, 0.1) is 0 Å². The first-order valence-corrected chi connectivity index (χ1v) is 14.3. The van der Waals surface area contributed by atoms with Crippen LogP contribution in [-0.2, 0) is 10.1 Å². The Hall–Kier alpha value is -5.04. The average Bonchev–Trinajstić information content (AvgIpc) is 3.02. The molecule has 2 aromatic heterocycles. The van der Waals surface area contributed by atoms with E-state index in [1.54, 1.807) is 20.3 Å². The van der Waals surface area contributed by atoms with E-state index in [0.717, 1.165) is 33.3 Å². The van der Waals surface area contributed by atoms with Crippen LogP contribution in [0.4, 0.5) is 13.2 Å². The number of methoxy groups -OCH3 is 4. The summed E-state index contributed by atoms with van der Waals surface area (Å²) in [4.78, 5) is 9.00. The molecule has 0 N–H and O–H groups in total. The zero-order valence-electron chi connectivity index (χ0n) is 23.8. The fourth-order valence-corrected chi connectivity index (χ4v) is 5.12. The number of pyridine rings is 2. The summed E-state index contributed by atoms with van der Waals surface area (Å²) in [6.45, 7) is 0. The predicted octanol–water partition coefficient (Wildman–Crippen LogP) is 7.04. The molecule has 0 fully saturated rings. The van der Waals surface area contributed by atoms with Gasteiger partial charge < -0.3 is 23.1 Å². The Bertz CT molecular complexity index is 2060. The van der Waals surface area contributed by atoms with E-state index in [2.05, 4.69) is 20.2 Å². The smallest absolute Gasteiger partial charge is 0.496 e. The van der Waals surface area contributed by atoms with E-state index in [-0.39, 0.29) is 33.3 Å². The van der Waals surface area contributed by atoms with Gasteiger partial charge in [0.25, 0.3) is 0 Å². The molecule has 0 atom stereocenters. The van der Waals surface area contributed by atoms with Crippen LogP contribution in [0.3, 0.4) is 0 Å². The average molecular weight is 627 g/mol. The number of alkyl halides is 3. The summed E-state index contributed by atoms with van der Waals surface area (Å²) in [7, 11) is 0.0541. The normalized spacial score (nSPS) is 11.7. The van der Waals surface area contributed by atoms with Crippen molar-refractivity contribution in [2.24, 2.45) is 0 Å². The lowest BCUT2D eigenvalue weighted by Gasteiger charge is -2.16. The summed E-state index contributed by atoms with van der Waals surface area (Å²) in [5.74, 6) is 1.35.